The Balaban J connectivity index is 1.67. The van der Waals surface area contributed by atoms with Crippen LogP contribution in [-0.4, -0.2) is 29.0 Å². The summed E-state index contributed by atoms with van der Waals surface area (Å²) in [7, 11) is 3.19. The number of benzene rings is 3. The van der Waals surface area contributed by atoms with Crippen molar-refractivity contribution < 1.29 is 18.6 Å². The summed E-state index contributed by atoms with van der Waals surface area (Å²) < 4.78 is 35.0. The van der Waals surface area contributed by atoms with Gasteiger partial charge in [-0.05, 0) is 31.2 Å². The predicted molar refractivity (Wildman–Crippen MR) is 129 cm³/mol. The number of nitrogens with zero attached hydrogens (tertiary/aromatic N) is 3. The molecule has 35 heavy (non-hydrogen) atoms. The molecule has 3 aromatic carbocycles. The number of hydrogen-bond donors (Lipinski definition) is 1. The van der Waals surface area contributed by atoms with E-state index in [1.807, 2.05) is 43.3 Å². The van der Waals surface area contributed by atoms with E-state index in [9.17, 15) is 0 Å². The molecule has 4 aromatic rings. The second-order valence-electron chi connectivity index (χ2n) is 8.49. The summed E-state index contributed by atoms with van der Waals surface area (Å²) in [6.45, 7) is 2.03. The smallest absolute Gasteiger partial charge is 0.226 e. The van der Waals surface area contributed by atoms with E-state index in [1.54, 1.807) is 31.0 Å². The number of fused-ring (bicyclic) bond motifs is 3. The molecule has 0 saturated carbocycles. The minimum absolute atomic E-state index is 0.334. The first-order chi connectivity index (χ1) is 17.1. The van der Waals surface area contributed by atoms with Crippen LogP contribution in [-0.2, 0) is 0 Å². The maximum Gasteiger partial charge on any atom is 0.226 e. The average Bonchev–Trinajstić information content (AvgIpc) is 3.35. The largest absolute Gasteiger partial charge is 0.493 e. The summed E-state index contributed by atoms with van der Waals surface area (Å²) in [5.41, 5.74) is 4.81. The molecule has 0 spiro atoms. The summed E-state index contributed by atoms with van der Waals surface area (Å²) in [6, 6.07) is 17.8. The molecule has 0 unspecified atom stereocenters. The quantitative estimate of drug-likeness (QED) is 0.436. The van der Waals surface area contributed by atoms with Gasteiger partial charge in [0.05, 0.1) is 19.9 Å². The highest BCUT2D eigenvalue weighted by molar-refractivity contribution is 5.85. The highest BCUT2D eigenvalue weighted by Gasteiger charge is 2.43. The molecule has 2 aliphatic heterocycles. The molecule has 0 amide bonds. The monoisotopic (exact) mass is 470 g/mol. The van der Waals surface area contributed by atoms with Crippen LogP contribution >= 0.6 is 0 Å². The van der Waals surface area contributed by atoms with E-state index in [4.69, 9.17) is 14.2 Å². The molecule has 0 saturated heterocycles. The van der Waals surface area contributed by atoms with Gasteiger partial charge in [-0.2, -0.15) is 10.1 Å². The van der Waals surface area contributed by atoms with Crippen molar-refractivity contribution in [3.05, 3.63) is 101 Å². The molecule has 0 radical (unpaired) electrons. The van der Waals surface area contributed by atoms with Gasteiger partial charge in [0.25, 0.3) is 0 Å². The van der Waals surface area contributed by atoms with E-state index in [-0.39, 0.29) is 5.82 Å². The number of hydrogen-bond acceptors (Lipinski definition) is 6. The molecule has 7 nitrogen and oxygen atoms in total. The van der Waals surface area contributed by atoms with Gasteiger partial charge in [0, 0.05) is 22.3 Å². The van der Waals surface area contributed by atoms with Gasteiger partial charge in [-0.15, -0.1) is 0 Å². The zero-order chi connectivity index (χ0) is 24.1. The maximum absolute atomic E-state index is 15.3. The SMILES string of the molecule is COc1cccc([C@H]2Oc3ccc(C)cc3C3=C2[C@H](c2ccccc2F)n2ncnc2N3)c1OC. The third-order valence-electron chi connectivity index (χ3n) is 6.49. The fourth-order valence-corrected chi connectivity index (χ4v) is 4.96. The van der Waals surface area contributed by atoms with E-state index in [1.165, 1.54) is 12.4 Å². The summed E-state index contributed by atoms with van der Waals surface area (Å²) in [6.07, 6.45) is 0.855. The number of aromatic nitrogens is 3. The summed E-state index contributed by atoms with van der Waals surface area (Å²) >= 11 is 0. The predicted octanol–water partition coefficient (Wildman–Crippen LogP) is 5.30. The van der Waals surface area contributed by atoms with Crippen molar-refractivity contribution in [2.45, 2.75) is 19.1 Å². The van der Waals surface area contributed by atoms with Gasteiger partial charge in [0.15, 0.2) is 17.6 Å². The standard InChI is InChI=1S/C27H23FN4O3/c1-15-11-12-20-18(13-15)23-22(26(35-20)17-8-6-10-21(33-2)25(17)34-3)24(16-7-4-5-9-19(16)28)32-27(31-23)29-14-30-32/h4-14,24,26H,1-3H3,(H,29,30,31)/t24-,26+/m0/s1. The first-order valence-electron chi connectivity index (χ1n) is 11.2. The van der Waals surface area contributed by atoms with Crippen LogP contribution in [0.2, 0.25) is 0 Å². The minimum atomic E-state index is -0.611. The van der Waals surface area contributed by atoms with E-state index in [0.717, 1.165) is 28.0 Å². The van der Waals surface area contributed by atoms with Crippen LogP contribution in [0.25, 0.3) is 5.70 Å². The molecule has 176 valence electrons. The summed E-state index contributed by atoms with van der Waals surface area (Å²) in [5, 5.41) is 7.90. The highest BCUT2D eigenvalue weighted by Crippen LogP contribution is 2.53. The van der Waals surface area contributed by atoms with Gasteiger partial charge in [0.2, 0.25) is 5.95 Å². The normalized spacial score (nSPS) is 18.1. The lowest BCUT2D eigenvalue weighted by atomic mass is 9.84. The van der Waals surface area contributed by atoms with Crippen molar-refractivity contribution in [1.29, 1.82) is 0 Å². The number of para-hydroxylation sites is 1. The van der Waals surface area contributed by atoms with Crippen LogP contribution in [0.15, 0.2) is 72.6 Å². The van der Waals surface area contributed by atoms with Crippen LogP contribution in [0.1, 0.15) is 34.4 Å². The zero-order valence-electron chi connectivity index (χ0n) is 19.4. The van der Waals surface area contributed by atoms with Gasteiger partial charge in [-0.3, -0.25) is 0 Å². The van der Waals surface area contributed by atoms with Crippen LogP contribution in [0.5, 0.6) is 17.2 Å². The van der Waals surface area contributed by atoms with Crippen molar-refractivity contribution in [3.8, 4) is 17.2 Å². The fourth-order valence-electron chi connectivity index (χ4n) is 4.96. The highest BCUT2D eigenvalue weighted by atomic mass is 19.1. The maximum atomic E-state index is 15.3. The first-order valence-corrected chi connectivity index (χ1v) is 11.2. The molecule has 0 fully saturated rings. The Morgan fingerprint density at radius 1 is 1.00 bits per heavy atom. The van der Waals surface area contributed by atoms with Crippen molar-refractivity contribution in [3.63, 3.8) is 0 Å². The molecule has 2 atom stereocenters. The van der Waals surface area contributed by atoms with Crippen molar-refractivity contribution in [1.82, 2.24) is 14.8 Å². The van der Waals surface area contributed by atoms with Gasteiger partial charge in [-0.1, -0.05) is 42.0 Å². The van der Waals surface area contributed by atoms with Crippen LogP contribution < -0.4 is 19.5 Å². The first kappa shape index (κ1) is 21.2. The van der Waals surface area contributed by atoms with E-state index in [0.29, 0.717) is 28.8 Å². The van der Waals surface area contributed by atoms with Crippen molar-refractivity contribution in [2.75, 3.05) is 19.5 Å². The number of aryl methyl sites for hydroxylation is 1. The molecule has 1 aromatic heterocycles. The molecule has 0 aliphatic carbocycles. The Bertz CT molecular complexity index is 1480. The van der Waals surface area contributed by atoms with E-state index in [2.05, 4.69) is 21.5 Å². The lowest BCUT2D eigenvalue weighted by molar-refractivity contribution is 0.215. The molecule has 0 bridgehead atoms. The lowest BCUT2D eigenvalue weighted by Crippen LogP contribution is -2.33. The molecular weight excluding hydrogens is 447 g/mol. The number of halogens is 1. The Hall–Kier alpha value is -4.33. The molecular formula is C27H23FN4O3. The number of ether oxygens (including phenoxy) is 3. The van der Waals surface area contributed by atoms with Crippen LogP contribution in [0, 0.1) is 12.7 Å². The van der Waals surface area contributed by atoms with Crippen LogP contribution in [0.4, 0.5) is 10.3 Å². The van der Waals surface area contributed by atoms with Gasteiger partial charge < -0.3 is 19.5 Å². The number of nitrogens with one attached hydrogen (secondary N) is 1. The van der Waals surface area contributed by atoms with Gasteiger partial charge >= 0.3 is 0 Å². The van der Waals surface area contributed by atoms with E-state index < -0.39 is 12.1 Å². The van der Waals surface area contributed by atoms with Crippen molar-refractivity contribution in [2.24, 2.45) is 0 Å². The molecule has 8 heteroatoms. The Labute approximate surface area is 201 Å². The zero-order valence-corrected chi connectivity index (χ0v) is 19.4. The molecule has 1 N–H and O–H groups in total. The fraction of sp³-hybridized carbons (Fsp3) is 0.185. The third-order valence-corrected chi connectivity index (χ3v) is 6.49. The van der Waals surface area contributed by atoms with Gasteiger partial charge in [-0.25, -0.2) is 9.07 Å². The molecule has 2 aliphatic rings. The minimum Gasteiger partial charge on any atom is -0.493 e. The number of rotatable bonds is 4. The summed E-state index contributed by atoms with van der Waals surface area (Å²) in [4.78, 5) is 4.41. The van der Waals surface area contributed by atoms with Crippen LogP contribution in [0.3, 0.4) is 0 Å². The summed E-state index contributed by atoms with van der Waals surface area (Å²) in [5.74, 6) is 2.04. The second-order valence-corrected chi connectivity index (χ2v) is 8.49. The number of anilines is 1. The third kappa shape index (κ3) is 3.24. The van der Waals surface area contributed by atoms with Crippen molar-refractivity contribution >= 4 is 11.6 Å². The average molecular weight is 471 g/mol. The Kier molecular flexibility index (Phi) is 4.95. The Morgan fingerprint density at radius 3 is 2.63 bits per heavy atom. The lowest BCUT2D eigenvalue weighted by Gasteiger charge is -2.39. The number of methoxy groups -OCH3 is 2. The second kappa shape index (κ2) is 8.16. The Morgan fingerprint density at radius 2 is 1.83 bits per heavy atom. The molecule has 3 heterocycles. The van der Waals surface area contributed by atoms with E-state index >= 15 is 4.39 Å². The molecule has 6 rings (SSSR count). The topological polar surface area (TPSA) is 70.4 Å². The van der Waals surface area contributed by atoms with Gasteiger partial charge in [0.1, 0.15) is 23.9 Å².